The van der Waals surface area contributed by atoms with Gasteiger partial charge in [-0.25, -0.2) is 4.79 Å². The van der Waals surface area contributed by atoms with Gasteiger partial charge in [-0.15, -0.1) is 0 Å². The Morgan fingerprint density at radius 2 is 1.55 bits per heavy atom. The molecule has 1 aromatic rings. The van der Waals surface area contributed by atoms with Gasteiger partial charge in [-0.3, -0.25) is 14.4 Å². The summed E-state index contributed by atoms with van der Waals surface area (Å²) in [5.41, 5.74) is 1.06. The molecule has 3 amide bonds. The van der Waals surface area contributed by atoms with Crippen molar-refractivity contribution >= 4 is 23.9 Å². The van der Waals surface area contributed by atoms with Gasteiger partial charge in [0, 0.05) is 40.0 Å². The van der Waals surface area contributed by atoms with Crippen molar-refractivity contribution in [2.75, 3.05) is 53.4 Å². The summed E-state index contributed by atoms with van der Waals surface area (Å²) in [4.78, 5) is 46.2. The minimum absolute atomic E-state index is 0.0288. The number of urea groups is 1. The second kappa shape index (κ2) is 17.4. The molecule has 1 aliphatic rings. The monoisotopic (exact) mass is 467 g/mol. The number of nitrogens with one attached hydrogen (secondary N) is 3. The highest BCUT2D eigenvalue weighted by molar-refractivity contribution is 5.84. The fourth-order valence-corrected chi connectivity index (χ4v) is 2.79. The summed E-state index contributed by atoms with van der Waals surface area (Å²) in [5.74, 6) is -1.71. The first-order valence-corrected chi connectivity index (χ1v) is 10.6. The van der Waals surface area contributed by atoms with Crippen molar-refractivity contribution in [3.63, 3.8) is 0 Å². The molecule has 1 saturated heterocycles. The number of carboxylic acids is 2. The Morgan fingerprint density at radius 3 is 2.03 bits per heavy atom. The van der Waals surface area contributed by atoms with Crippen LogP contribution in [-0.2, 0) is 14.4 Å². The van der Waals surface area contributed by atoms with Crippen LogP contribution >= 0.6 is 0 Å². The molecule has 1 fully saturated rings. The molecule has 11 heteroatoms. The van der Waals surface area contributed by atoms with Gasteiger partial charge in [0.25, 0.3) is 11.9 Å². The molecule has 1 aliphatic heterocycles. The smallest absolute Gasteiger partial charge is 0.315 e. The molecule has 1 heterocycles. The minimum atomic E-state index is -0.833. The summed E-state index contributed by atoms with van der Waals surface area (Å²) in [6.07, 6.45) is 0.802. The molecule has 0 aliphatic carbocycles. The van der Waals surface area contributed by atoms with Crippen LogP contribution in [-0.4, -0.2) is 97.3 Å². The summed E-state index contributed by atoms with van der Waals surface area (Å²) >= 11 is 0. The van der Waals surface area contributed by atoms with Crippen LogP contribution in [0.1, 0.15) is 31.9 Å². The first-order chi connectivity index (χ1) is 15.5. The first-order valence-electron chi connectivity index (χ1n) is 10.6. The number of carboxylic acid groups (broad SMARTS) is 2. The zero-order valence-corrected chi connectivity index (χ0v) is 19.8. The molecule has 0 aromatic heterocycles. The third kappa shape index (κ3) is 17.1. The average Bonchev–Trinajstić information content (AvgIpc) is 2.75. The van der Waals surface area contributed by atoms with Gasteiger partial charge in [0.05, 0.1) is 12.6 Å². The van der Waals surface area contributed by atoms with Gasteiger partial charge in [-0.1, -0.05) is 30.3 Å². The topological polar surface area (TPSA) is 151 Å². The second-order valence-electron chi connectivity index (χ2n) is 7.55. The number of piperazine rings is 1. The average molecular weight is 468 g/mol. The van der Waals surface area contributed by atoms with Gasteiger partial charge in [-0.05, 0) is 32.6 Å². The molecule has 0 radical (unpaired) electrons. The minimum Gasteiger partial charge on any atom is -0.481 e. The number of benzene rings is 1. The number of hydrogen-bond donors (Lipinski definition) is 5. The van der Waals surface area contributed by atoms with Gasteiger partial charge in [0.15, 0.2) is 0 Å². The Labute approximate surface area is 195 Å². The highest BCUT2D eigenvalue weighted by atomic mass is 16.4. The van der Waals surface area contributed by atoms with E-state index in [-0.39, 0.29) is 24.5 Å². The number of carbonyl (C=O) groups excluding carboxylic acids is 2. The van der Waals surface area contributed by atoms with Crippen LogP contribution in [0.2, 0.25) is 0 Å². The first kappa shape index (κ1) is 29.8. The number of carbonyl (C=O) groups is 4. The van der Waals surface area contributed by atoms with Crippen molar-refractivity contribution in [2.24, 2.45) is 0 Å². The Bertz CT molecular complexity index is 703. The van der Waals surface area contributed by atoms with Crippen LogP contribution < -0.4 is 16.0 Å². The number of aliphatic carboxylic acids is 2. The van der Waals surface area contributed by atoms with Crippen molar-refractivity contribution in [2.45, 2.75) is 26.3 Å². The van der Waals surface area contributed by atoms with Crippen molar-refractivity contribution in [1.82, 2.24) is 25.8 Å². The maximum absolute atomic E-state index is 12.2. The van der Waals surface area contributed by atoms with Crippen molar-refractivity contribution in [3.8, 4) is 0 Å². The van der Waals surface area contributed by atoms with Crippen molar-refractivity contribution < 1.29 is 29.4 Å². The van der Waals surface area contributed by atoms with Crippen molar-refractivity contribution in [1.29, 1.82) is 0 Å². The second-order valence-corrected chi connectivity index (χ2v) is 7.55. The molecule has 2 rings (SSSR count). The van der Waals surface area contributed by atoms with Crippen LogP contribution in [0.5, 0.6) is 0 Å². The van der Waals surface area contributed by atoms with Crippen LogP contribution in [0.4, 0.5) is 4.79 Å². The molecule has 0 bridgehead atoms. The Kier molecular flexibility index (Phi) is 15.7. The summed E-state index contributed by atoms with van der Waals surface area (Å²) in [6.45, 7) is 6.05. The van der Waals surface area contributed by atoms with Crippen LogP contribution in [0.25, 0.3) is 0 Å². The van der Waals surface area contributed by atoms with Gasteiger partial charge in [0.1, 0.15) is 0 Å². The standard InChI is InChI=1S/C18H29N5O2.2C2H4O2/c1-22(2)11-8-16(15-6-4-3-5-7-15)21-18(25)20-14-17(24)23-12-9-19-10-13-23;2*1-2(3)4/h3-7,16,19H,8-14H2,1-2H3,(H2,20,21,25);2*1H3,(H,3,4). The van der Waals surface area contributed by atoms with E-state index < -0.39 is 11.9 Å². The van der Waals surface area contributed by atoms with E-state index in [9.17, 15) is 9.59 Å². The lowest BCUT2D eigenvalue weighted by Crippen LogP contribution is -2.50. The van der Waals surface area contributed by atoms with Gasteiger partial charge < -0.3 is 36.0 Å². The van der Waals surface area contributed by atoms with E-state index in [0.717, 1.165) is 45.5 Å². The number of hydrogen-bond acceptors (Lipinski definition) is 6. The fourth-order valence-electron chi connectivity index (χ4n) is 2.79. The third-order valence-corrected chi connectivity index (χ3v) is 4.24. The number of amides is 3. The Balaban J connectivity index is 0.00000111. The molecule has 0 spiro atoms. The molecule has 5 N–H and O–H groups in total. The quantitative estimate of drug-likeness (QED) is 0.391. The predicted octanol–water partition coefficient (Wildman–Crippen LogP) is 0.592. The normalized spacial score (nSPS) is 13.4. The largest absolute Gasteiger partial charge is 0.481 e. The maximum atomic E-state index is 12.2. The molecule has 186 valence electrons. The molecule has 33 heavy (non-hydrogen) atoms. The van der Waals surface area contributed by atoms with Gasteiger partial charge in [-0.2, -0.15) is 0 Å². The summed E-state index contributed by atoms with van der Waals surface area (Å²) in [5, 5.41) is 23.7. The number of rotatable bonds is 7. The molecular weight excluding hydrogens is 430 g/mol. The van der Waals surface area contributed by atoms with Gasteiger partial charge >= 0.3 is 6.03 Å². The lowest BCUT2D eigenvalue weighted by molar-refractivity contribution is -0.135. The van der Waals surface area contributed by atoms with E-state index >= 15 is 0 Å². The molecule has 0 saturated carbocycles. The van der Waals surface area contributed by atoms with E-state index in [4.69, 9.17) is 19.8 Å². The lowest BCUT2D eigenvalue weighted by atomic mass is 10.0. The molecule has 11 nitrogen and oxygen atoms in total. The van der Waals surface area contributed by atoms with E-state index in [0.29, 0.717) is 13.1 Å². The van der Waals surface area contributed by atoms with E-state index in [2.05, 4.69) is 20.9 Å². The lowest BCUT2D eigenvalue weighted by Gasteiger charge is -2.27. The zero-order valence-electron chi connectivity index (χ0n) is 19.8. The number of nitrogens with zero attached hydrogens (tertiary/aromatic N) is 2. The molecular formula is C22H37N5O6. The van der Waals surface area contributed by atoms with Crippen LogP contribution in [0.3, 0.4) is 0 Å². The summed E-state index contributed by atoms with van der Waals surface area (Å²) in [7, 11) is 4.02. The highest BCUT2D eigenvalue weighted by Gasteiger charge is 2.18. The maximum Gasteiger partial charge on any atom is 0.315 e. The zero-order chi connectivity index (χ0) is 25.2. The predicted molar refractivity (Wildman–Crippen MR) is 125 cm³/mol. The van der Waals surface area contributed by atoms with E-state index in [1.807, 2.05) is 44.4 Å². The summed E-state index contributed by atoms with van der Waals surface area (Å²) < 4.78 is 0. The fraction of sp³-hybridized carbons (Fsp3) is 0.545. The Morgan fingerprint density at radius 1 is 1.03 bits per heavy atom. The van der Waals surface area contributed by atoms with E-state index in [1.54, 1.807) is 4.90 Å². The highest BCUT2D eigenvalue weighted by Crippen LogP contribution is 2.16. The molecule has 1 unspecified atom stereocenters. The third-order valence-electron chi connectivity index (χ3n) is 4.24. The van der Waals surface area contributed by atoms with Crippen LogP contribution in [0, 0.1) is 0 Å². The molecule has 1 atom stereocenters. The SMILES string of the molecule is CC(=O)O.CC(=O)O.CN(C)CCC(NC(=O)NCC(=O)N1CCNCC1)c1ccccc1. The van der Waals surface area contributed by atoms with Gasteiger partial charge in [0.2, 0.25) is 5.91 Å². The summed E-state index contributed by atoms with van der Waals surface area (Å²) in [6, 6.07) is 9.50. The Hall–Kier alpha value is -3.18. The molecule has 1 aromatic carbocycles. The van der Waals surface area contributed by atoms with Crippen molar-refractivity contribution in [3.05, 3.63) is 35.9 Å². The van der Waals surface area contributed by atoms with Crippen LogP contribution in [0.15, 0.2) is 30.3 Å². The van der Waals surface area contributed by atoms with E-state index in [1.165, 1.54) is 0 Å².